The second kappa shape index (κ2) is 2.82. The highest BCUT2D eigenvalue weighted by Gasteiger charge is 2.08. The molecule has 60 valence electrons. The summed E-state index contributed by atoms with van der Waals surface area (Å²) in [6.07, 6.45) is 0. The van der Waals surface area contributed by atoms with E-state index in [1.807, 2.05) is 0 Å². The molecule has 0 aromatic carbocycles. The van der Waals surface area contributed by atoms with E-state index in [0.717, 1.165) is 10.4 Å². The van der Waals surface area contributed by atoms with Gasteiger partial charge >= 0.3 is 0 Å². The van der Waals surface area contributed by atoms with Gasteiger partial charge in [-0.25, -0.2) is 9.07 Å². The molecule has 0 aliphatic rings. The third-order valence-electron chi connectivity index (χ3n) is 1.36. The lowest BCUT2D eigenvalue weighted by atomic mass is 10.4. The number of carbonyl (C=O) groups is 1. The minimum atomic E-state index is -0.998. The van der Waals surface area contributed by atoms with Crippen molar-refractivity contribution in [2.24, 2.45) is 0 Å². The fourth-order valence-corrected chi connectivity index (χ4v) is 0.938. The zero-order valence-electron chi connectivity index (χ0n) is 6.47. The maximum Gasteiger partial charge on any atom is 0.278 e. The van der Waals surface area contributed by atoms with E-state index >= 15 is 0 Å². The van der Waals surface area contributed by atoms with Crippen LogP contribution < -0.4 is 0 Å². The monoisotopic (exact) mass is 156 g/mol. The van der Waals surface area contributed by atoms with Crippen LogP contribution in [-0.4, -0.2) is 22.4 Å². The Morgan fingerprint density at radius 1 is 1.73 bits per heavy atom. The first-order chi connectivity index (χ1) is 5.15. The number of alkyl halides is 1. The van der Waals surface area contributed by atoms with E-state index < -0.39 is 12.6 Å². The van der Waals surface area contributed by atoms with Crippen LogP contribution >= 0.6 is 0 Å². The van der Waals surface area contributed by atoms with Crippen molar-refractivity contribution in [2.75, 3.05) is 6.67 Å². The highest BCUT2D eigenvalue weighted by molar-refractivity contribution is 5.79. The van der Waals surface area contributed by atoms with E-state index in [0.29, 0.717) is 5.69 Å². The van der Waals surface area contributed by atoms with Crippen molar-refractivity contribution in [1.29, 1.82) is 0 Å². The summed E-state index contributed by atoms with van der Waals surface area (Å²) in [7, 11) is 0. The molecule has 0 atom stereocenters. The van der Waals surface area contributed by atoms with Crippen LogP contribution in [-0.2, 0) is 0 Å². The van der Waals surface area contributed by atoms with Crippen molar-refractivity contribution >= 4 is 5.91 Å². The molecular weight excluding hydrogens is 147 g/mol. The molecule has 1 rings (SSSR count). The maximum atomic E-state index is 11.9. The van der Waals surface area contributed by atoms with E-state index in [9.17, 15) is 9.18 Å². The normalized spacial score (nSPS) is 10.1. The van der Waals surface area contributed by atoms with Crippen LogP contribution in [0.25, 0.3) is 0 Å². The summed E-state index contributed by atoms with van der Waals surface area (Å²) in [5.41, 5.74) is 1.40. The topological polar surface area (TPSA) is 34.9 Å². The zero-order chi connectivity index (χ0) is 8.43. The van der Waals surface area contributed by atoms with E-state index in [1.165, 1.54) is 0 Å². The van der Waals surface area contributed by atoms with Crippen molar-refractivity contribution in [3.8, 4) is 0 Å². The standard InChI is InChI=1S/C7H9FN2O/c1-5-3-6(2)10(9-5)7(11)4-8/h3H,4H2,1-2H3. The average molecular weight is 156 g/mol. The van der Waals surface area contributed by atoms with Gasteiger partial charge in [0.1, 0.15) is 0 Å². The number of carbonyl (C=O) groups excluding carboxylic acids is 1. The maximum absolute atomic E-state index is 11.9. The fraction of sp³-hybridized carbons (Fsp3) is 0.429. The van der Waals surface area contributed by atoms with Crippen molar-refractivity contribution in [1.82, 2.24) is 9.78 Å². The van der Waals surface area contributed by atoms with Gasteiger partial charge in [0.05, 0.1) is 5.69 Å². The Kier molecular flexibility index (Phi) is 2.03. The summed E-state index contributed by atoms with van der Waals surface area (Å²) in [6, 6.07) is 1.73. The summed E-state index contributed by atoms with van der Waals surface area (Å²) in [6.45, 7) is 2.48. The van der Waals surface area contributed by atoms with Gasteiger partial charge in [0.25, 0.3) is 5.91 Å². The van der Waals surface area contributed by atoms with Crippen LogP contribution in [0.3, 0.4) is 0 Å². The van der Waals surface area contributed by atoms with Crippen LogP contribution in [0.15, 0.2) is 6.07 Å². The Hall–Kier alpha value is -1.19. The minimum absolute atomic E-state index is 0.615. The largest absolute Gasteiger partial charge is 0.278 e. The number of aromatic nitrogens is 2. The minimum Gasteiger partial charge on any atom is -0.269 e. The summed E-state index contributed by atoms with van der Waals surface area (Å²) >= 11 is 0. The Bertz CT molecular complexity index is 280. The van der Waals surface area contributed by atoms with Crippen molar-refractivity contribution < 1.29 is 9.18 Å². The smallest absolute Gasteiger partial charge is 0.269 e. The first-order valence-corrected chi connectivity index (χ1v) is 3.27. The lowest BCUT2D eigenvalue weighted by molar-refractivity contribution is 0.0858. The van der Waals surface area contributed by atoms with Crippen molar-refractivity contribution in [3.05, 3.63) is 17.5 Å². The average Bonchev–Trinajstić information content (AvgIpc) is 2.28. The lowest BCUT2D eigenvalue weighted by Crippen LogP contribution is -2.15. The van der Waals surface area contributed by atoms with E-state index in [1.54, 1.807) is 19.9 Å². The first kappa shape index (κ1) is 7.91. The molecule has 3 nitrogen and oxygen atoms in total. The second-order valence-corrected chi connectivity index (χ2v) is 2.37. The molecule has 11 heavy (non-hydrogen) atoms. The third-order valence-corrected chi connectivity index (χ3v) is 1.36. The van der Waals surface area contributed by atoms with Crippen molar-refractivity contribution in [3.63, 3.8) is 0 Å². The fourth-order valence-electron chi connectivity index (χ4n) is 0.938. The van der Waals surface area contributed by atoms with Gasteiger partial charge in [0, 0.05) is 5.69 Å². The third kappa shape index (κ3) is 1.45. The van der Waals surface area contributed by atoms with Gasteiger partial charge in [0.15, 0.2) is 6.67 Å². The molecule has 1 aromatic heterocycles. The number of hydrogen-bond donors (Lipinski definition) is 0. The van der Waals surface area contributed by atoms with Gasteiger partial charge in [0.2, 0.25) is 0 Å². The Balaban J connectivity index is 3.03. The van der Waals surface area contributed by atoms with Crippen LogP contribution in [0.4, 0.5) is 4.39 Å². The van der Waals surface area contributed by atoms with Crippen LogP contribution in [0.2, 0.25) is 0 Å². The van der Waals surface area contributed by atoms with Gasteiger partial charge in [-0.2, -0.15) is 5.10 Å². The molecule has 0 fully saturated rings. The lowest BCUT2D eigenvalue weighted by Gasteiger charge is -1.96. The molecule has 0 amide bonds. The molecule has 0 aliphatic carbocycles. The number of halogens is 1. The molecular formula is C7H9FN2O. The number of rotatable bonds is 1. The van der Waals surface area contributed by atoms with E-state index in [-0.39, 0.29) is 0 Å². The molecule has 4 heteroatoms. The Morgan fingerprint density at radius 2 is 2.36 bits per heavy atom. The summed E-state index contributed by atoms with van der Waals surface area (Å²) in [5.74, 6) is -0.615. The summed E-state index contributed by atoms with van der Waals surface area (Å²) in [5, 5.41) is 3.81. The molecule has 0 unspecified atom stereocenters. The first-order valence-electron chi connectivity index (χ1n) is 3.27. The van der Waals surface area contributed by atoms with Gasteiger partial charge in [-0.1, -0.05) is 0 Å². The molecule has 0 N–H and O–H groups in total. The molecule has 0 saturated heterocycles. The quantitative estimate of drug-likeness (QED) is 0.610. The molecule has 0 bridgehead atoms. The van der Waals surface area contributed by atoms with Crippen LogP contribution in [0, 0.1) is 13.8 Å². The van der Waals surface area contributed by atoms with Gasteiger partial charge < -0.3 is 0 Å². The van der Waals surface area contributed by atoms with E-state index in [2.05, 4.69) is 5.10 Å². The van der Waals surface area contributed by atoms with Crippen LogP contribution in [0.1, 0.15) is 16.2 Å². The number of aryl methyl sites for hydroxylation is 2. The van der Waals surface area contributed by atoms with Crippen molar-refractivity contribution in [2.45, 2.75) is 13.8 Å². The predicted molar refractivity (Wildman–Crippen MR) is 38.3 cm³/mol. The molecule has 0 spiro atoms. The Labute approximate surface area is 63.8 Å². The molecule has 0 radical (unpaired) electrons. The Morgan fingerprint density at radius 3 is 2.73 bits per heavy atom. The second-order valence-electron chi connectivity index (χ2n) is 2.37. The van der Waals surface area contributed by atoms with Gasteiger partial charge in [-0.05, 0) is 19.9 Å². The highest BCUT2D eigenvalue weighted by Crippen LogP contribution is 2.00. The predicted octanol–water partition coefficient (Wildman–Crippen LogP) is 1.11. The molecule has 0 saturated carbocycles. The highest BCUT2D eigenvalue weighted by atomic mass is 19.1. The summed E-state index contributed by atoms with van der Waals surface area (Å²) < 4.78 is 12.9. The number of hydrogen-bond acceptors (Lipinski definition) is 2. The van der Waals surface area contributed by atoms with E-state index in [4.69, 9.17) is 0 Å². The molecule has 1 aromatic rings. The van der Waals surface area contributed by atoms with Gasteiger partial charge in [-0.3, -0.25) is 4.79 Å². The molecule has 0 aliphatic heterocycles. The summed E-state index contributed by atoms with van der Waals surface area (Å²) in [4.78, 5) is 10.8. The molecule has 1 heterocycles. The zero-order valence-corrected chi connectivity index (χ0v) is 6.47. The van der Waals surface area contributed by atoms with Crippen LogP contribution in [0.5, 0.6) is 0 Å². The van der Waals surface area contributed by atoms with Gasteiger partial charge in [-0.15, -0.1) is 0 Å². The SMILES string of the molecule is Cc1cc(C)n(C(=O)CF)n1. The number of nitrogens with zero attached hydrogens (tertiary/aromatic N) is 2.